The molecule has 0 aliphatic carbocycles. The van der Waals surface area contributed by atoms with E-state index in [-0.39, 0.29) is 11.8 Å². The van der Waals surface area contributed by atoms with Gasteiger partial charge in [-0.1, -0.05) is 31.5 Å². The molecule has 0 aromatic heterocycles. The first-order valence-corrected chi connectivity index (χ1v) is 7.37. The summed E-state index contributed by atoms with van der Waals surface area (Å²) in [4.78, 5) is 20.5. The zero-order valence-corrected chi connectivity index (χ0v) is 12.1. The SMILES string of the molecule is CCCCC1=C(O)N2CCN=C2N(c2ccccc2)C1=O. The fraction of sp³-hybridized carbons (Fsp3) is 0.375. The maximum absolute atomic E-state index is 12.8. The summed E-state index contributed by atoms with van der Waals surface area (Å²) in [5.41, 5.74) is 1.27. The second-order valence-corrected chi connectivity index (χ2v) is 5.22. The van der Waals surface area contributed by atoms with Gasteiger partial charge in [-0.3, -0.25) is 14.7 Å². The van der Waals surface area contributed by atoms with Crippen LogP contribution in [0.2, 0.25) is 0 Å². The summed E-state index contributed by atoms with van der Waals surface area (Å²) in [5.74, 6) is 0.449. The van der Waals surface area contributed by atoms with Gasteiger partial charge in [-0.15, -0.1) is 0 Å². The third-order valence-corrected chi connectivity index (χ3v) is 3.80. The summed E-state index contributed by atoms with van der Waals surface area (Å²) >= 11 is 0. The molecule has 2 heterocycles. The van der Waals surface area contributed by atoms with Crippen LogP contribution in [0.15, 0.2) is 46.8 Å². The van der Waals surface area contributed by atoms with E-state index >= 15 is 0 Å². The monoisotopic (exact) mass is 285 g/mol. The van der Waals surface area contributed by atoms with Crippen LogP contribution in [0.1, 0.15) is 26.2 Å². The van der Waals surface area contributed by atoms with Crippen LogP contribution in [0.5, 0.6) is 0 Å². The number of benzene rings is 1. The number of carbonyl (C=O) groups is 1. The van der Waals surface area contributed by atoms with Gasteiger partial charge in [0.2, 0.25) is 11.8 Å². The number of fused-ring (bicyclic) bond motifs is 1. The smallest absolute Gasteiger partial charge is 0.266 e. The summed E-state index contributed by atoms with van der Waals surface area (Å²) in [7, 11) is 0. The van der Waals surface area contributed by atoms with E-state index in [1.54, 1.807) is 9.80 Å². The Balaban J connectivity index is 2.03. The normalized spacial score (nSPS) is 18.1. The molecular weight excluding hydrogens is 266 g/mol. The Morgan fingerprint density at radius 3 is 2.76 bits per heavy atom. The van der Waals surface area contributed by atoms with Crippen LogP contribution in [0.4, 0.5) is 5.69 Å². The minimum atomic E-state index is -0.163. The van der Waals surface area contributed by atoms with Crippen molar-refractivity contribution in [2.45, 2.75) is 26.2 Å². The topological polar surface area (TPSA) is 56.1 Å². The molecule has 3 rings (SSSR count). The lowest BCUT2D eigenvalue weighted by Gasteiger charge is -2.34. The van der Waals surface area contributed by atoms with Crippen molar-refractivity contribution in [3.8, 4) is 0 Å². The molecule has 21 heavy (non-hydrogen) atoms. The Labute approximate surface area is 124 Å². The number of hydrogen-bond donors (Lipinski definition) is 1. The van der Waals surface area contributed by atoms with Crippen LogP contribution < -0.4 is 4.90 Å². The lowest BCUT2D eigenvalue weighted by Crippen LogP contribution is -2.50. The van der Waals surface area contributed by atoms with Crippen molar-refractivity contribution in [3.05, 3.63) is 41.8 Å². The average molecular weight is 285 g/mol. The number of nitrogens with zero attached hydrogens (tertiary/aromatic N) is 3. The van der Waals surface area contributed by atoms with Gasteiger partial charge >= 0.3 is 0 Å². The minimum absolute atomic E-state index is 0.0804. The largest absolute Gasteiger partial charge is 0.494 e. The molecule has 0 fully saturated rings. The molecule has 0 bridgehead atoms. The highest BCUT2D eigenvalue weighted by Gasteiger charge is 2.39. The summed E-state index contributed by atoms with van der Waals surface area (Å²) in [6.07, 6.45) is 2.46. The molecule has 5 heteroatoms. The van der Waals surface area contributed by atoms with Gasteiger partial charge in [0.1, 0.15) is 0 Å². The highest BCUT2D eigenvalue weighted by atomic mass is 16.3. The van der Waals surface area contributed by atoms with Crippen LogP contribution in [-0.2, 0) is 4.79 Å². The standard InChI is InChI=1S/C16H19N3O2/c1-2-3-9-13-14(20)18-11-10-17-16(18)19(15(13)21)12-7-5-4-6-8-12/h4-8,20H,2-3,9-11H2,1H3. The van der Waals surface area contributed by atoms with Gasteiger partial charge in [-0.05, 0) is 25.0 Å². The zero-order chi connectivity index (χ0) is 14.8. The Hall–Kier alpha value is -2.30. The van der Waals surface area contributed by atoms with E-state index in [4.69, 9.17) is 0 Å². The number of aliphatic hydroxyl groups is 1. The Kier molecular flexibility index (Phi) is 3.64. The van der Waals surface area contributed by atoms with Gasteiger partial charge in [-0.2, -0.15) is 0 Å². The maximum atomic E-state index is 12.8. The van der Waals surface area contributed by atoms with E-state index in [9.17, 15) is 9.90 Å². The van der Waals surface area contributed by atoms with Crippen molar-refractivity contribution in [2.24, 2.45) is 4.99 Å². The number of amides is 1. The van der Waals surface area contributed by atoms with E-state index < -0.39 is 0 Å². The Bertz CT molecular complexity index is 607. The zero-order valence-electron chi connectivity index (χ0n) is 12.1. The highest BCUT2D eigenvalue weighted by Crippen LogP contribution is 2.30. The number of aliphatic imine (C=N–C) groups is 1. The third kappa shape index (κ3) is 2.28. The van der Waals surface area contributed by atoms with Crippen LogP contribution in [0.3, 0.4) is 0 Å². The van der Waals surface area contributed by atoms with E-state index in [0.717, 1.165) is 18.5 Å². The number of hydrogen-bond acceptors (Lipinski definition) is 4. The average Bonchev–Trinajstić information content (AvgIpc) is 2.98. The lowest BCUT2D eigenvalue weighted by molar-refractivity contribution is -0.115. The van der Waals surface area contributed by atoms with E-state index in [2.05, 4.69) is 11.9 Å². The maximum Gasteiger partial charge on any atom is 0.266 e. The van der Waals surface area contributed by atoms with Crippen molar-refractivity contribution in [1.82, 2.24) is 4.90 Å². The first-order valence-electron chi connectivity index (χ1n) is 7.37. The van der Waals surface area contributed by atoms with Crippen molar-refractivity contribution >= 4 is 17.6 Å². The fourth-order valence-electron chi connectivity index (χ4n) is 2.69. The van der Waals surface area contributed by atoms with Gasteiger partial charge in [0.25, 0.3) is 5.91 Å². The molecule has 1 amide bonds. The molecule has 2 aliphatic heterocycles. The minimum Gasteiger partial charge on any atom is -0.494 e. The number of para-hydroxylation sites is 1. The van der Waals surface area contributed by atoms with Gasteiger partial charge in [0.15, 0.2) is 0 Å². The predicted molar refractivity (Wildman–Crippen MR) is 82.1 cm³/mol. The van der Waals surface area contributed by atoms with Crippen LogP contribution in [0, 0.1) is 0 Å². The van der Waals surface area contributed by atoms with Gasteiger partial charge < -0.3 is 5.11 Å². The summed E-state index contributed by atoms with van der Waals surface area (Å²) < 4.78 is 0. The number of unbranched alkanes of at least 4 members (excludes halogenated alkanes) is 1. The molecule has 0 saturated heterocycles. The number of anilines is 1. The Morgan fingerprint density at radius 1 is 1.29 bits per heavy atom. The summed E-state index contributed by atoms with van der Waals surface area (Å²) in [6, 6.07) is 9.48. The number of rotatable bonds is 4. The molecule has 1 N–H and O–H groups in total. The molecule has 1 aromatic rings. The van der Waals surface area contributed by atoms with Crippen LogP contribution in [0.25, 0.3) is 0 Å². The van der Waals surface area contributed by atoms with Crippen molar-refractivity contribution < 1.29 is 9.90 Å². The summed E-state index contributed by atoms with van der Waals surface area (Å²) in [5, 5.41) is 10.4. The van der Waals surface area contributed by atoms with Gasteiger partial charge in [0.05, 0.1) is 17.8 Å². The van der Waals surface area contributed by atoms with Crippen molar-refractivity contribution in [2.75, 3.05) is 18.0 Å². The van der Waals surface area contributed by atoms with Crippen molar-refractivity contribution in [3.63, 3.8) is 0 Å². The van der Waals surface area contributed by atoms with Crippen LogP contribution in [-0.4, -0.2) is 35.0 Å². The first kappa shape index (κ1) is 13.7. The lowest BCUT2D eigenvalue weighted by atomic mass is 10.1. The molecule has 2 aliphatic rings. The van der Waals surface area contributed by atoms with Gasteiger partial charge in [-0.25, -0.2) is 4.90 Å². The molecule has 0 unspecified atom stereocenters. The first-order chi connectivity index (χ1) is 10.2. The highest BCUT2D eigenvalue weighted by molar-refractivity contribution is 6.24. The second-order valence-electron chi connectivity index (χ2n) is 5.22. The number of guanidine groups is 1. The molecule has 0 spiro atoms. The molecular formula is C16H19N3O2. The molecule has 5 nitrogen and oxygen atoms in total. The summed E-state index contributed by atoms with van der Waals surface area (Å²) in [6.45, 7) is 3.28. The molecule has 0 radical (unpaired) electrons. The van der Waals surface area contributed by atoms with Gasteiger partial charge in [0, 0.05) is 6.54 Å². The predicted octanol–water partition coefficient (Wildman–Crippen LogP) is 2.66. The number of aliphatic hydroxyl groups excluding tert-OH is 1. The van der Waals surface area contributed by atoms with E-state index in [1.807, 2.05) is 30.3 Å². The number of carbonyl (C=O) groups excluding carboxylic acids is 1. The molecule has 0 saturated carbocycles. The quantitative estimate of drug-likeness (QED) is 0.925. The molecule has 1 aromatic carbocycles. The molecule has 0 atom stereocenters. The molecule has 110 valence electrons. The van der Waals surface area contributed by atoms with Crippen molar-refractivity contribution in [1.29, 1.82) is 0 Å². The second kappa shape index (κ2) is 5.60. The third-order valence-electron chi connectivity index (χ3n) is 3.80. The van der Waals surface area contributed by atoms with E-state index in [0.29, 0.717) is 31.0 Å². The van der Waals surface area contributed by atoms with Crippen LogP contribution >= 0.6 is 0 Å². The van der Waals surface area contributed by atoms with E-state index in [1.165, 1.54) is 0 Å². The fourth-order valence-corrected chi connectivity index (χ4v) is 2.69. The Morgan fingerprint density at radius 2 is 2.05 bits per heavy atom.